The molecule has 3 aromatic rings. The van der Waals surface area contributed by atoms with E-state index in [2.05, 4.69) is 5.32 Å². The van der Waals surface area contributed by atoms with Gasteiger partial charge in [-0.15, -0.1) is 0 Å². The van der Waals surface area contributed by atoms with Crippen molar-refractivity contribution < 1.29 is 18.7 Å². The van der Waals surface area contributed by atoms with Gasteiger partial charge in [0, 0.05) is 22.3 Å². The summed E-state index contributed by atoms with van der Waals surface area (Å²) in [6.45, 7) is 0.949. The fourth-order valence-corrected chi connectivity index (χ4v) is 3.10. The van der Waals surface area contributed by atoms with Crippen LogP contribution < -0.4 is 14.8 Å². The minimum atomic E-state index is -0.120. The Hall–Kier alpha value is -2.96. The average Bonchev–Trinajstić information content (AvgIpc) is 3.31. The van der Waals surface area contributed by atoms with E-state index in [9.17, 15) is 4.79 Å². The zero-order chi connectivity index (χ0) is 19.5. The van der Waals surface area contributed by atoms with Crippen molar-refractivity contribution in [2.24, 2.45) is 0 Å². The summed E-state index contributed by atoms with van der Waals surface area (Å²) in [6.07, 6.45) is 0. The van der Waals surface area contributed by atoms with Gasteiger partial charge in [-0.2, -0.15) is 0 Å². The number of hydrogen-bond donors (Lipinski definition) is 1. The van der Waals surface area contributed by atoms with Gasteiger partial charge in [-0.3, -0.25) is 9.69 Å². The van der Waals surface area contributed by atoms with Gasteiger partial charge in [0.15, 0.2) is 11.5 Å². The van der Waals surface area contributed by atoms with Crippen LogP contribution in [0.3, 0.4) is 0 Å². The molecule has 1 N–H and O–H groups in total. The summed E-state index contributed by atoms with van der Waals surface area (Å²) in [6, 6.07) is 16.6. The van der Waals surface area contributed by atoms with E-state index in [1.54, 1.807) is 18.2 Å². The molecule has 0 saturated heterocycles. The maximum Gasteiger partial charge on any atom is 0.238 e. The number of rotatable bonds is 6. The average molecular weight is 399 g/mol. The van der Waals surface area contributed by atoms with Crippen LogP contribution in [0.4, 0.5) is 5.69 Å². The first kappa shape index (κ1) is 18.4. The van der Waals surface area contributed by atoms with Crippen molar-refractivity contribution in [1.29, 1.82) is 0 Å². The number of halogens is 1. The minimum absolute atomic E-state index is 0.120. The molecular weight excluding hydrogens is 380 g/mol. The highest BCUT2D eigenvalue weighted by Gasteiger charge is 2.15. The van der Waals surface area contributed by atoms with Crippen LogP contribution in [0.15, 0.2) is 59.0 Å². The van der Waals surface area contributed by atoms with Crippen LogP contribution in [0.2, 0.25) is 5.02 Å². The Morgan fingerprint density at radius 1 is 1.07 bits per heavy atom. The van der Waals surface area contributed by atoms with Crippen LogP contribution >= 0.6 is 11.6 Å². The maximum atomic E-state index is 12.3. The molecule has 2 aromatic carbocycles. The van der Waals surface area contributed by atoms with Crippen LogP contribution in [0.5, 0.6) is 11.5 Å². The summed E-state index contributed by atoms with van der Waals surface area (Å²) in [5, 5.41) is 3.55. The lowest BCUT2D eigenvalue weighted by Crippen LogP contribution is -2.29. The highest BCUT2D eigenvalue weighted by atomic mass is 35.5. The van der Waals surface area contributed by atoms with Gasteiger partial charge in [0.25, 0.3) is 0 Å². The zero-order valence-electron chi connectivity index (χ0n) is 15.3. The number of benzene rings is 2. The van der Waals surface area contributed by atoms with Gasteiger partial charge in [-0.05, 0) is 55.6 Å². The lowest BCUT2D eigenvalue weighted by atomic mass is 10.2. The molecule has 2 heterocycles. The van der Waals surface area contributed by atoms with Gasteiger partial charge in [0.05, 0.1) is 13.1 Å². The lowest BCUT2D eigenvalue weighted by Gasteiger charge is -2.15. The third-order valence-corrected chi connectivity index (χ3v) is 4.54. The standard InChI is InChI=1S/C21H19ClN2O4/c1-24(11-17-7-9-18(28-17)14-2-4-15(22)5-3-14)12-21(25)23-16-6-8-19-20(10-16)27-13-26-19/h2-10H,11-13H2,1H3,(H,23,25). The highest BCUT2D eigenvalue weighted by molar-refractivity contribution is 6.30. The predicted molar refractivity (Wildman–Crippen MR) is 107 cm³/mol. The van der Waals surface area contributed by atoms with Gasteiger partial charge < -0.3 is 19.2 Å². The van der Waals surface area contributed by atoms with E-state index in [0.717, 1.165) is 17.1 Å². The fourth-order valence-electron chi connectivity index (χ4n) is 2.97. The fraction of sp³-hybridized carbons (Fsp3) is 0.190. The maximum absolute atomic E-state index is 12.3. The number of carbonyl (C=O) groups is 1. The highest BCUT2D eigenvalue weighted by Crippen LogP contribution is 2.34. The molecule has 0 saturated carbocycles. The molecule has 7 heteroatoms. The van der Waals surface area contributed by atoms with Crippen molar-refractivity contribution in [3.8, 4) is 22.8 Å². The Morgan fingerprint density at radius 3 is 2.68 bits per heavy atom. The largest absolute Gasteiger partial charge is 0.460 e. The first-order valence-corrected chi connectivity index (χ1v) is 9.17. The van der Waals surface area contributed by atoms with Gasteiger partial charge in [-0.25, -0.2) is 0 Å². The second-order valence-electron chi connectivity index (χ2n) is 6.56. The molecule has 1 aliphatic rings. The lowest BCUT2D eigenvalue weighted by molar-refractivity contribution is -0.117. The van der Waals surface area contributed by atoms with Gasteiger partial charge in [0.1, 0.15) is 11.5 Å². The Balaban J connectivity index is 1.32. The van der Waals surface area contributed by atoms with E-state index in [1.165, 1.54) is 0 Å². The molecule has 0 fully saturated rings. The first-order chi connectivity index (χ1) is 13.6. The van der Waals surface area contributed by atoms with Crippen LogP contribution in [-0.2, 0) is 11.3 Å². The smallest absolute Gasteiger partial charge is 0.238 e. The van der Waals surface area contributed by atoms with E-state index in [4.69, 9.17) is 25.5 Å². The first-order valence-electron chi connectivity index (χ1n) is 8.79. The summed E-state index contributed by atoms with van der Waals surface area (Å²) in [7, 11) is 1.86. The number of likely N-dealkylation sites (N-methyl/N-ethyl adjacent to an activating group) is 1. The number of amides is 1. The predicted octanol–water partition coefficient (Wildman–Crippen LogP) is 4.40. The SMILES string of the molecule is CN(CC(=O)Nc1ccc2c(c1)OCO2)Cc1ccc(-c2ccc(Cl)cc2)o1. The molecule has 1 aliphatic heterocycles. The molecule has 144 valence electrons. The minimum Gasteiger partial charge on any atom is -0.460 e. The van der Waals surface area contributed by atoms with Crippen LogP contribution in [-0.4, -0.2) is 31.2 Å². The van der Waals surface area contributed by atoms with E-state index >= 15 is 0 Å². The summed E-state index contributed by atoms with van der Waals surface area (Å²) < 4.78 is 16.5. The third-order valence-electron chi connectivity index (χ3n) is 4.29. The molecule has 1 amide bonds. The van der Waals surface area contributed by atoms with Crippen molar-refractivity contribution in [3.05, 3.63) is 65.4 Å². The summed E-state index contributed by atoms with van der Waals surface area (Å²) in [5.74, 6) is 2.75. The molecule has 4 rings (SSSR count). The normalized spacial score (nSPS) is 12.4. The number of fused-ring (bicyclic) bond motifs is 1. The quantitative estimate of drug-likeness (QED) is 0.666. The number of hydrogen-bond acceptors (Lipinski definition) is 5. The molecule has 0 radical (unpaired) electrons. The van der Waals surface area contributed by atoms with Crippen molar-refractivity contribution in [1.82, 2.24) is 4.90 Å². The van der Waals surface area contributed by atoms with Gasteiger partial charge in [0.2, 0.25) is 12.7 Å². The Labute approximate surface area is 167 Å². The van der Waals surface area contributed by atoms with Crippen molar-refractivity contribution in [3.63, 3.8) is 0 Å². The van der Waals surface area contributed by atoms with Crippen molar-refractivity contribution in [2.45, 2.75) is 6.54 Å². The number of furan rings is 1. The van der Waals surface area contributed by atoms with Crippen LogP contribution in [0.25, 0.3) is 11.3 Å². The Kier molecular flexibility index (Phi) is 5.23. The van der Waals surface area contributed by atoms with E-state index in [0.29, 0.717) is 28.8 Å². The molecule has 0 aliphatic carbocycles. The Morgan fingerprint density at radius 2 is 1.86 bits per heavy atom. The Bertz CT molecular complexity index is 984. The van der Waals surface area contributed by atoms with Gasteiger partial charge in [-0.1, -0.05) is 11.6 Å². The number of ether oxygens (including phenoxy) is 2. The molecule has 0 spiro atoms. The summed E-state index contributed by atoms with van der Waals surface area (Å²) in [5.41, 5.74) is 1.63. The molecule has 0 atom stereocenters. The van der Waals surface area contributed by atoms with Crippen LogP contribution in [0.1, 0.15) is 5.76 Å². The van der Waals surface area contributed by atoms with E-state index < -0.39 is 0 Å². The van der Waals surface area contributed by atoms with Crippen molar-refractivity contribution >= 4 is 23.2 Å². The van der Waals surface area contributed by atoms with E-state index in [1.807, 2.05) is 48.3 Å². The van der Waals surface area contributed by atoms with Gasteiger partial charge >= 0.3 is 0 Å². The van der Waals surface area contributed by atoms with Crippen LogP contribution in [0, 0.1) is 0 Å². The third kappa shape index (κ3) is 4.30. The second kappa shape index (κ2) is 7.96. The molecule has 6 nitrogen and oxygen atoms in total. The monoisotopic (exact) mass is 398 g/mol. The summed E-state index contributed by atoms with van der Waals surface area (Å²) in [4.78, 5) is 14.2. The number of anilines is 1. The van der Waals surface area contributed by atoms with E-state index in [-0.39, 0.29) is 19.2 Å². The van der Waals surface area contributed by atoms with Crippen molar-refractivity contribution in [2.75, 3.05) is 25.7 Å². The summed E-state index contributed by atoms with van der Waals surface area (Å²) >= 11 is 5.92. The zero-order valence-corrected chi connectivity index (χ0v) is 16.0. The molecule has 28 heavy (non-hydrogen) atoms. The number of nitrogens with one attached hydrogen (secondary N) is 1. The topological polar surface area (TPSA) is 63.9 Å². The molecule has 0 unspecified atom stereocenters. The molecular formula is C21H19ClN2O4. The number of carbonyl (C=O) groups excluding carboxylic acids is 1. The molecule has 0 bridgehead atoms. The number of nitrogens with zero attached hydrogens (tertiary/aromatic N) is 1. The molecule has 1 aromatic heterocycles. The second-order valence-corrected chi connectivity index (χ2v) is 7.00.